The highest BCUT2D eigenvalue weighted by Crippen LogP contribution is 2.44. The van der Waals surface area contributed by atoms with Gasteiger partial charge in [0.25, 0.3) is 0 Å². The molecule has 0 bridgehead atoms. The molecule has 0 aliphatic carbocycles. The predicted octanol–water partition coefficient (Wildman–Crippen LogP) is 9.71. The zero-order valence-corrected chi connectivity index (χ0v) is 21.9. The molecule has 0 nitrogen and oxygen atoms in total. The summed E-state index contributed by atoms with van der Waals surface area (Å²) in [6, 6.07) is 41.7. The molecule has 8 aromatic rings. The third-order valence-corrected chi connectivity index (χ3v) is 11.0. The Hall–Kier alpha value is -3.73. The monoisotopic (exact) mass is 490 g/mol. The molecule has 0 aliphatic heterocycles. The molecule has 1 heteroatoms. The smallest absolute Gasteiger partial charge is 0.00203 e. The Kier molecular flexibility index (Phi) is 4.70. The van der Waals surface area contributed by atoms with Crippen molar-refractivity contribution in [1.82, 2.24) is 0 Å². The van der Waals surface area contributed by atoms with Crippen molar-refractivity contribution in [2.45, 2.75) is 19.8 Å². The van der Waals surface area contributed by atoms with Crippen LogP contribution in [0.2, 0.25) is 0 Å². The van der Waals surface area contributed by atoms with Gasteiger partial charge in [0.2, 0.25) is 0 Å². The number of benzene rings is 8. The number of hydrogen-bond acceptors (Lipinski definition) is 0. The highest BCUT2D eigenvalue weighted by molar-refractivity contribution is 7.74. The molecule has 37 heavy (non-hydrogen) atoms. The van der Waals surface area contributed by atoms with E-state index in [2.05, 4.69) is 116 Å². The maximum atomic E-state index is 2.45. The average Bonchev–Trinajstić information content (AvgIpc) is 2.95. The first-order valence-electron chi connectivity index (χ1n) is 13.4. The Morgan fingerprint density at radius 3 is 1.24 bits per heavy atom. The van der Waals surface area contributed by atoms with E-state index < -0.39 is 7.92 Å². The van der Waals surface area contributed by atoms with Crippen molar-refractivity contribution in [1.29, 1.82) is 0 Å². The maximum Gasteiger partial charge on any atom is -0.00203 e. The van der Waals surface area contributed by atoms with Gasteiger partial charge in [0.05, 0.1) is 0 Å². The van der Waals surface area contributed by atoms with Gasteiger partial charge >= 0.3 is 0 Å². The van der Waals surface area contributed by atoms with E-state index in [0.717, 1.165) is 0 Å². The topological polar surface area (TPSA) is 0 Å². The van der Waals surface area contributed by atoms with Crippen LogP contribution in [0.25, 0.3) is 64.6 Å². The quantitative estimate of drug-likeness (QED) is 0.166. The zero-order valence-electron chi connectivity index (χ0n) is 21.0. The summed E-state index contributed by atoms with van der Waals surface area (Å²) in [5.74, 6) is 0. The summed E-state index contributed by atoms with van der Waals surface area (Å²) in [6.07, 6.45) is 3.69. The molecule has 0 aromatic heterocycles. The van der Waals surface area contributed by atoms with Crippen LogP contribution in [0.15, 0.2) is 109 Å². The fourth-order valence-electron chi connectivity index (χ4n) is 6.60. The van der Waals surface area contributed by atoms with Gasteiger partial charge in [0, 0.05) is 0 Å². The van der Waals surface area contributed by atoms with E-state index in [1.54, 1.807) is 0 Å². The van der Waals surface area contributed by atoms with E-state index in [1.807, 2.05) is 0 Å². The standard InChI is InChI=1S/C36H27P/c1-2-3-22-37(31-20-16-27-12-10-23-6-4-8-25-14-18-29(31)35(27)33(23)25)32-21-17-28-13-11-24-7-5-9-26-15-19-30(32)36(28)34(24)26/h4-21H,2-3,22H2,1H3. The Balaban J connectivity index is 1.45. The summed E-state index contributed by atoms with van der Waals surface area (Å²) in [6.45, 7) is 2.32. The van der Waals surface area contributed by atoms with Crippen LogP contribution >= 0.6 is 7.92 Å². The number of rotatable bonds is 5. The molecule has 0 amide bonds. The van der Waals surface area contributed by atoms with Crippen LogP contribution in [0.4, 0.5) is 0 Å². The van der Waals surface area contributed by atoms with Crippen LogP contribution in [-0.2, 0) is 0 Å². The molecule has 0 unspecified atom stereocenters. The molecule has 0 saturated heterocycles. The molecular formula is C36H27P. The fraction of sp³-hybridized carbons (Fsp3) is 0.111. The molecule has 8 aromatic carbocycles. The lowest BCUT2D eigenvalue weighted by Crippen LogP contribution is -2.16. The van der Waals surface area contributed by atoms with Gasteiger partial charge in [-0.2, -0.15) is 0 Å². The fourth-order valence-corrected chi connectivity index (χ4v) is 9.43. The second kappa shape index (κ2) is 8.14. The van der Waals surface area contributed by atoms with Crippen LogP contribution < -0.4 is 10.6 Å². The van der Waals surface area contributed by atoms with Crippen molar-refractivity contribution in [3.05, 3.63) is 109 Å². The lowest BCUT2D eigenvalue weighted by molar-refractivity contribution is 0.894. The van der Waals surface area contributed by atoms with Crippen molar-refractivity contribution in [3.63, 3.8) is 0 Å². The van der Waals surface area contributed by atoms with Crippen LogP contribution in [0.5, 0.6) is 0 Å². The summed E-state index contributed by atoms with van der Waals surface area (Å²) >= 11 is 0. The van der Waals surface area contributed by atoms with Crippen LogP contribution in [-0.4, -0.2) is 6.16 Å². The van der Waals surface area contributed by atoms with Gasteiger partial charge < -0.3 is 0 Å². The lowest BCUT2D eigenvalue weighted by Gasteiger charge is -2.24. The van der Waals surface area contributed by atoms with Gasteiger partial charge in [0.1, 0.15) is 0 Å². The molecule has 0 saturated carbocycles. The first-order chi connectivity index (χ1) is 18.3. The van der Waals surface area contributed by atoms with E-state index in [4.69, 9.17) is 0 Å². The molecule has 0 aliphatic rings. The Labute approximate surface area is 217 Å². The minimum Gasteiger partial charge on any atom is -0.0654 e. The van der Waals surface area contributed by atoms with Gasteiger partial charge in [-0.05, 0) is 95.7 Å². The van der Waals surface area contributed by atoms with E-state index in [0.29, 0.717) is 0 Å². The van der Waals surface area contributed by atoms with E-state index in [-0.39, 0.29) is 0 Å². The predicted molar refractivity (Wildman–Crippen MR) is 166 cm³/mol. The molecular weight excluding hydrogens is 463 g/mol. The van der Waals surface area contributed by atoms with Gasteiger partial charge in [-0.3, -0.25) is 0 Å². The molecule has 0 N–H and O–H groups in total. The number of hydrogen-bond donors (Lipinski definition) is 0. The van der Waals surface area contributed by atoms with Gasteiger partial charge in [-0.1, -0.05) is 123 Å². The second-order valence-electron chi connectivity index (χ2n) is 10.4. The minimum atomic E-state index is -0.511. The first kappa shape index (κ1) is 21.4. The van der Waals surface area contributed by atoms with Crippen molar-refractivity contribution in [2.24, 2.45) is 0 Å². The van der Waals surface area contributed by atoms with E-state index in [9.17, 15) is 0 Å². The average molecular weight is 491 g/mol. The molecule has 0 fully saturated rings. The van der Waals surface area contributed by atoms with Crippen molar-refractivity contribution < 1.29 is 0 Å². The molecule has 176 valence electrons. The Morgan fingerprint density at radius 2 is 0.811 bits per heavy atom. The Bertz CT molecular complexity index is 1900. The minimum absolute atomic E-state index is 0.511. The second-order valence-corrected chi connectivity index (χ2v) is 12.7. The normalized spacial score (nSPS) is 12.5. The zero-order chi connectivity index (χ0) is 24.5. The van der Waals surface area contributed by atoms with Gasteiger partial charge in [-0.25, -0.2) is 0 Å². The molecule has 0 spiro atoms. The summed E-state index contributed by atoms with van der Waals surface area (Å²) in [5.41, 5.74) is 0. The van der Waals surface area contributed by atoms with E-state index >= 15 is 0 Å². The van der Waals surface area contributed by atoms with Crippen LogP contribution in [0.1, 0.15) is 19.8 Å². The van der Waals surface area contributed by atoms with Crippen LogP contribution in [0, 0.1) is 0 Å². The summed E-state index contributed by atoms with van der Waals surface area (Å²) in [4.78, 5) is 0. The van der Waals surface area contributed by atoms with Crippen molar-refractivity contribution in [2.75, 3.05) is 6.16 Å². The van der Waals surface area contributed by atoms with Crippen molar-refractivity contribution in [3.8, 4) is 0 Å². The SMILES string of the molecule is CCCCP(c1ccc2ccc3cccc4ccc1c2c34)c1ccc2ccc3cccc4ccc1c2c34. The van der Waals surface area contributed by atoms with Crippen LogP contribution in [0.3, 0.4) is 0 Å². The first-order valence-corrected chi connectivity index (χ1v) is 14.9. The third-order valence-electron chi connectivity index (χ3n) is 8.33. The van der Waals surface area contributed by atoms with Crippen molar-refractivity contribution >= 4 is 83.2 Å². The lowest BCUT2D eigenvalue weighted by atomic mass is 9.94. The number of unbranched alkanes of at least 4 members (excludes halogenated alkanes) is 1. The molecule has 0 heterocycles. The highest BCUT2D eigenvalue weighted by Gasteiger charge is 2.22. The molecule has 8 rings (SSSR count). The summed E-state index contributed by atoms with van der Waals surface area (Å²) in [5, 5.41) is 19.7. The molecule has 0 atom stereocenters. The van der Waals surface area contributed by atoms with Gasteiger partial charge in [-0.15, -0.1) is 0 Å². The third kappa shape index (κ3) is 3.06. The Morgan fingerprint density at radius 1 is 0.432 bits per heavy atom. The largest absolute Gasteiger partial charge is 0.0654 e. The van der Waals surface area contributed by atoms with Gasteiger partial charge in [0.15, 0.2) is 0 Å². The highest BCUT2D eigenvalue weighted by atomic mass is 31.1. The summed E-state index contributed by atoms with van der Waals surface area (Å²) in [7, 11) is -0.511. The maximum absolute atomic E-state index is 2.45. The van der Waals surface area contributed by atoms with E-state index in [1.165, 1.54) is 94.2 Å². The molecule has 0 radical (unpaired) electrons. The summed E-state index contributed by atoms with van der Waals surface area (Å²) < 4.78 is 0.